The molecule has 1 amide bonds. The highest BCUT2D eigenvalue weighted by Crippen LogP contribution is 2.24. The van der Waals surface area contributed by atoms with Crippen LogP contribution in [0.25, 0.3) is 11.0 Å². The number of pyridine rings is 2. The highest BCUT2D eigenvalue weighted by molar-refractivity contribution is 7.91. The second kappa shape index (κ2) is 9.47. The van der Waals surface area contributed by atoms with Crippen molar-refractivity contribution in [1.82, 2.24) is 20.2 Å². The summed E-state index contributed by atoms with van der Waals surface area (Å²) in [4.78, 5) is 25.4. The number of benzene rings is 1. The quantitative estimate of drug-likeness (QED) is 0.439. The van der Waals surface area contributed by atoms with Crippen molar-refractivity contribution in [3.8, 4) is 0 Å². The number of rotatable bonds is 6. The van der Waals surface area contributed by atoms with Crippen molar-refractivity contribution in [1.29, 1.82) is 0 Å². The Hall–Kier alpha value is -3.76. The van der Waals surface area contributed by atoms with Gasteiger partial charge in [0.15, 0.2) is 11.3 Å². The van der Waals surface area contributed by atoms with Crippen molar-refractivity contribution >= 4 is 32.4 Å². The number of piperazine rings is 1. The number of hydrogen-bond acceptors (Lipinski definition) is 8. The number of aromatic nitrogens is 2. The number of anilines is 1. The molecule has 0 unspecified atom stereocenters. The molecule has 9 nitrogen and oxygen atoms in total. The van der Waals surface area contributed by atoms with Crippen LogP contribution in [0.3, 0.4) is 0 Å². The van der Waals surface area contributed by atoms with Crippen LogP contribution in [0.5, 0.6) is 0 Å². The van der Waals surface area contributed by atoms with E-state index in [4.69, 9.17) is 4.42 Å². The molecule has 3 aromatic heterocycles. The van der Waals surface area contributed by atoms with Gasteiger partial charge in [-0.1, -0.05) is 0 Å². The molecule has 10 heteroatoms. The SMILES string of the molecule is CN1CCN(c2ccc(S(=O)(=O)c3ccc(CNC(=O)c4cc5ccncc5o4)nc3)cc2)CC1. The first-order chi connectivity index (χ1) is 16.9. The minimum absolute atomic E-state index is 0.102. The average molecular weight is 492 g/mol. The lowest BCUT2D eigenvalue weighted by molar-refractivity contribution is 0.0925. The van der Waals surface area contributed by atoms with Crippen molar-refractivity contribution in [2.45, 2.75) is 16.3 Å². The van der Waals surface area contributed by atoms with Gasteiger partial charge in [0, 0.05) is 49.6 Å². The fourth-order valence-corrected chi connectivity index (χ4v) is 5.17. The van der Waals surface area contributed by atoms with Crippen LogP contribution in [0.15, 0.2) is 81.3 Å². The fraction of sp³-hybridized carbons (Fsp3) is 0.240. The minimum Gasteiger partial charge on any atom is -0.449 e. The van der Waals surface area contributed by atoms with Crippen molar-refractivity contribution in [2.24, 2.45) is 0 Å². The molecule has 0 atom stereocenters. The molecule has 35 heavy (non-hydrogen) atoms. The third-order valence-corrected chi connectivity index (χ3v) is 7.86. The molecular weight excluding hydrogens is 466 g/mol. The van der Waals surface area contributed by atoms with Crippen molar-refractivity contribution < 1.29 is 17.6 Å². The Morgan fingerprint density at radius 1 is 1.00 bits per heavy atom. The zero-order valence-corrected chi connectivity index (χ0v) is 20.0. The van der Waals surface area contributed by atoms with Gasteiger partial charge in [0.05, 0.1) is 28.2 Å². The molecule has 4 heterocycles. The van der Waals surface area contributed by atoms with Gasteiger partial charge in [0.25, 0.3) is 5.91 Å². The van der Waals surface area contributed by atoms with E-state index in [9.17, 15) is 13.2 Å². The zero-order valence-electron chi connectivity index (χ0n) is 19.2. The Labute approximate surface area is 203 Å². The van der Waals surface area contributed by atoms with Crippen molar-refractivity contribution in [2.75, 3.05) is 38.1 Å². The molecule has 0 radical (unpaired) electrons. The standard InChI is InChI=1S/C25H25N5O4S/c1-29-10-12-30(13-11-29)20-3-6-21(7-4-20)35(32,33)22-5-2-19(27-16-22)15-28-25(31)23-14-18-8-9-26-17-24(18)34-23/h2-9,14,16-17H,10-13,15H2,1H3,(H,28,31). The molecule has 0 saturated carbocycles. The van der Waals surface area contributed by atoms with E-state index in [1.165, 1.54) is 12.3 Å². The third-order valence-electron chi connectivity index (χ3n) is 6.10. The van der Waals surface area contributed by atoms with E-state index in [2.05, 4.69) is 32.1 Å². The summed E-state index contributed by atoms with van der Waals surface area (Å²) >= 11 is 0. The van der Waals surface area contributed by atoms with Gasteiger partial charge in [-0.05, 0) is 55.6 Å². The van der Waals surface area contributed by atoms with Gasteiger partial charge in [-0.15, -0.1) is 0 Å². The molecular formula is C25H25N5O4S. The number of furan rings is 1. The van der Waals surface area contributed by atoms with Crippen LogP contribution < -0.4 is 10.2 Å². The summed E-state index contributed by atoms with van der Waals surface area (Å²) in [5.41, 5.74) is 2.07. The first-order valence-electron chi connectivity index (χ1n) is 11.3. The number of fused-ring (bicyclic) bond motifs is 1. The number of nitrogens with zero attached hydrogens (tertiary/aromatic N) is 4. The van der Waals surface area contributed by atoms with Gasteiger partial charge in [0.2, 0.25) is 9.84 Å². The number of likely N-dealkylation sites (N-methyl/N-ethyl adjacent to an activating group) is 1. The lowest BCUT2D eigenvalue weighted by atomic mass is 10.2. The Bertz CT molecular complexity index is 1410. The molecule has 1 aliphatic rings. The first-order valence-corrected chi connectivity index (χ1v) is 12.7. The Balaban J connectivity index is 1.23. The molecule has 1 N–H and O–H groups in total. The number of hydrogen-bond donors (Lipinski definition) is 1. The summed E-state index contributed by atoms with van der Waals surface area (Å²) in [5.74, 6) is -0.215. The van der Waals surface area contributed by atoms with Crippen LogP contribution >= 0.6 is 0 Å². The summed E-state index contributed by atoms with van der Waals surface area (Å²) in [6.07, 6.45) is 4.49. The minimum atomic E-state index is -3.70. The van der Waals surface area contributed by atoms with Crippen molar-refractivity contribution in [3.63, 3.8) is 0 Å². The average Bonchev–Trinajstić information content (AvgIpc) is 3.33. The molecule has 180 valence electrons. The lowest BCUT2D eigenvalue weighted by Gasteiger charge is -2.34. The second-order valence-corrected chi connectivity index (χ2v) is 10.4. The molecule has 5 rings (SSSR count). The van der Waals surface area contributed by atoms with Gasteiger partial charge in [-0.25, -0.2) is 8.42 Å². The Kier molecular flexibility index (Phi) is 6.23. The molecule has 1 saturated heterocycles. The Morgan fingerprint density at radius 3 is 2.43 bits per heavy atom. The van der Waals surface area contributed by atoms with E-state index in [1.54, 1.807) is 42.7 Å². The number of nitrogens with one attached hydrogen (secondary N) is 1. The summed E-state index contributed by atoms with van der Waals surface area (Å²) in [6.45, 7) is 3.92. The summed E-state index contributed by atoms with van der Waals surface area (Å²) in [5, 5.41) is 3.52. The maximum absolute atomic E-state index is 13.1. The van der Waals surface area contributed by atoms with E-state index in [-0.39, 0.29) is 28.0 Å². The van der Waals surface area contributed by atoms with E-state index in [0.29, 0.717) is 11.3 Å². The smallest absolute Gasteiger partial charge is 0.287 e. The fourth-order valence-electron chi connectivity index (χ4n) is 3.97. The topological polar surface area (TPSA) is 109 Å². The van der Waals surface area contributed by atoms with Crippen LogP contribution in [-0.2, 0) is 16.4 Å². The van der Waals surface area contributed by atoms with E-state index >= 15 is 0 Å². The number of carbonyl (C=O) groups excluding carboxylic acids is 1. The maximum Gasteiger partial charge on any atom is 0.287 e. The van der Waals surface area contributed by atoms with Crippen LogP contribution in [0.1, 0.15) is 16.2 Å². The first kappa shape index (κ1) is 23.0. The van der Waals surface area contributed by atoms with Gasteiger partial charge < -0.3 is 19.5 Å². The zero-order chi connectivity index (χ0) is 24.4. The van der Waals surface area contributed by atoms with Crippen LogP contribution in [0, 0.1) is 0 Å². The summed E-state index contributed by atoms with van der Waals surface area (Å²) in [6, 6.07) is 13.5. The number of sulfone groups is 1. The van der Waals surface area contributed by atoms with Gasteiger partial charge >= 0.3 is 0 Å². The molecule has 0 spiro atoms. The normalized spacial score (nSPS) is 14.8. The largest absolute Gasteiger partial charge is 0.449 e. The van der Waals surface area contributed by atoms with Gasteiger partial charge in [-0.3, -0.25) is 14.8 Å². The Morgan fingerprint density at radius 2 is 1.74 bits per heavy atom. The molecule has 1 aliphatic heterocycles. The lowest BCUT2D eigenvalue weighted by Crippen LogP contribution is -2.44. The van der Waals surface area contributed by atoms with Gasteiger partial charge in [-0.2, -0.15) is 0 Å². The molecule has 1 fully saturated rings. The number of carbonyl (C=O) groups is 1. The summed E-state index contributed by atoms with van der Waals surface area (Å²) in [7, 11) is -1.60. The van der Waals surface area contributed by atoms with Crippen LogP contribution in [0.4, 0.5) is 5.69 Å². The van der Waals surface area contributed by atoms with Gasteiger partial charge in [0.1, 0.15) is 0 Å². The number of amides is 1. The molecule has 4 aromatic rings. The highest BCUT2D eigenvalue weighted by atomic mass is 32.2. The molecule has 0 aliphatic carbocycles. The van der Waals surface area contributed by atoms with Crippen LogP contribution in [-0.4, -0.2) is 62.4 Å². The molecule has 0 bridgehead atoms. The van der Waals surface area contributed by atoms with E-state index in [1.807, 2.05) is 12.1 Å². The van der Waals surface area contributed by atoms with Crippen molar-refractivity contribution in [3.05, 3.63) is 78.6 Å². The predicted molar refractivity (Wildman–Crippen MR) is 131 cm³/mol. The van der Waals surface area contributed by atoms with E-state index in [0.717, 1.165) is 37.3 Å². The molecule has 1 aromatic carbocycles. The van der Waals surface area contributed by atoms with E-state index < -0.39 is 9.84 Å². The summed E-state index contributed by atoms with van der Waals surface area (Å²) < 4.78 is 31.6. The monoisotopic (exact) mass is 491 g/mol. The predicted octanol–water partition coefficient (Wildman–Crippen LogP) is 2.74. The highest BCUT2D eigenvalue weighted by Gasteiger charge is 2.20. The second-order valence-electron chi connectivity index (χ2n) is 8.48. The maximum atomic E-state index is 13.1. The third kappa shape index (κ3) is 4.89. The van der Waals surface area contributed by atoms with Crippen LogP contribution in [0.2, 0.25) is 0 Å².